The molecule has 1 N–H and O–H groups in total. The fourth-order valence-electron chi connectivity index (χ4n) is 1.94. The molecule has 0 unspecified atom stereocenters. The number of nitrogens with zero attached hydrogens (tertiary/aromatic N) is 1. The van der Waals surface area contributed by atoms with Gasteiger partial charge in [0.2, 0.25) is 0 Å². The van der Waals surface area contributed by atoms with Crippen LogP contribution in [-0.4, -0.2) is 24.2 Å². The predicted molar refractivity (Wildman–Crippen MR) is 77.4 cm³/mol. The number of hydrogen-bond donors (Lipinski definition) is 1. The molecule has 1 aromatic heterocycles. The lowest BCUT2D eigenvalue weighted by molar-refractivity contribution is 0.347. The normalized spacial score (nSPS) is 14.5. The molecule has 3 rings (SSSR count). The molecule has 1 saturated carbocycles. The molecule has 0 atom stereocenters. The summed E-state index contributed by atoms with van der Waals surface area (Å²) in [6.45, 7) is 5.40. The van der Waals surface area contributed by atoms with Crippen molar-refractivity contribution in [2.45, 2.75) is 18.9 Å². The molecule has 3 heteroatoms. The zero-order chi connectivity index (χ0) is 13.1. The van der Waals surface area contributed by atoms with E-state index in [1.54, 1.807) is 6.20 Å². The largest absolute Gasteiger partial charge is 0.488 e. The highest BCUT2D eigenvalue weighted by molar-refractivity contribution is 5.79. The molecule has 0 amide bonds. The van der Waals surface area contributed by atoms with Gasteiger partial charge in [-0.2, -0.15) is 0 Å². The van der Waals surface area contributed by atoms with Crippen molar-refractivity contribution in [2.75, 3.05) is 13.2 Å². The molecule has 0 saturated heterocycles. The first kappa shape index (κ1) is 12.2. The molecule has 1 aromatic carbocycles. The molecule has 0 bridgehead atoms. The molecule has 3 nitrogen and oxygen atoms in total. The summed E-state index contributed by atoms with van der Waals surface area (Å²) in [4.78, 5) is 4.37. The van der Waals surface area contributed by atoms with Crippen LogP contribution in [-0.2, 0) is 0 Å². The van der Waals surface area contributed by atoms with Crippen LogP contribution in [0.1, 0.15) is 12.8 Å². The number of aromatic nitrogens is 1. The van der Waals surface area contributed by atoms with Gasteiger partial charge in [-0.3, -0.25) is 4.98 Å². The summed E-state index contributed by atoms with van der Waals surface area (Å²) < 4.78 is 5.73. The monoisotopic (exact) mass is 254 g/mol. The Morgan fingerprint density at radius 2 is 2.21 bits per heavy atom. The van der Waals surface area contributed by atoms with Crippen LogP contribution in [0.25, 0.3) is 10.9 Å². The van der Waals surface area contributed by atoms with Crippen molar-refractivity contribution >= 4 is 10.9 Å². The minimum atomic E-state index is 0.541. The smallest absolute Gasteiger partial charge is 0.138 e. The van der Waals surface area contributed by atoms with Gasteiger partial charge in [-0.25, -0.2) is 0 Å². The van der Waals surface area contributed by atoms with E-state index in [9.17, 15) is 0 Å². The Kier molecular flexibility index (Phi) is 3.47. The van der Waals surface area contributed by atoms with Crippen LogP contribution in [0.2, 0.25) is 0 Å². The van der Waals surface area contributed by atoms with Gasteiger partial charge >= 0.3 is 0 Å². The third-order valence-corrected chi connectivity index (χ3v) is 3.23. The van der Waals surface area contributed by atoms with Crippen molar-refractivity contribution in [1.82, 2.24) is 10.3 Å². The number of para-hydroxylation sites is 1. The van der Waals surface area contributed by atoms with E-state index in [-0.39, 0.29) is 0 Å². The lowest BCUT2D eigenvalue weighted by Crippen LogP contribution is -2.21. The van der Waals surface area contributed by atoms with Crippen molar-refractivity contribution < 1.29 is 4.74 Å². The third-order valence-electron chi connectivity index (χ3n) is 3.23. The van der Waals surface area contributed by atoms with Crippen molar-refractivity contribution in [1.29, 1.82) is 0 Å². The maximum atomic E-state index is 5.73. The summed E-state index contributed by atoms with van der Waals surface area (Å²) in [5, 5.41) is 4.53. The second kappa shape index (κ2) is 5.41. The predicted octanol–water partition coefficient (Wildman–Crippen LogP) is 2.92. The molecule has 1 aliphatic carbocycles. The molecule has 0 spiro atoms. The van der Waals surface area contributed by atoms with Gasteiger partial charge in [-0.05, 0) is 30.5 Å². The van der Waals surface area contributed by atoms with Crippen LogP contribution in [0.3, 0.4) is 0 Å². The van der Waals surface area contributed by atoms with Crippen LogP contribution in [0.15, 0.2) is 48.7 Å². The number of nitrogens with one attached hydrogen (secondary N) is 1. The van der Waals surface area contributed by atoms with E-state index in [1.807, 2.05) is 30.3 Å². The number of hydrogen-bond acceptors (Lipinski definition) is 3. The Hall–Kier alpha value is -1.87. The highest BCUT2D eigenvalue weighted by Gasteiger charge is 2.20. The minimum absolute atomic E-state index is 0.541. The second-order valence-electron chi connectivity index (χ2n) is 5.06. The van der Waals surface area contributed by atoms with E-state index in [0.717, 1.165) is 28.8 Å². The second-order valence-corrected chi connectivity index (χ2v) is 5.06. The Morgan fingerprint density at radius 1 is 1.37 bits per heavy atom. The first-order valence-corrected chi connectivity index (χ1v) is 6.69. The SMILES string of the molecule is C=C(CNC1CC1)COc1cnc2ccccc2c1. The van der Waals surface area contributed by atoms with Crippen LogP contribution in [0.4, 0.5) is 0 Å². The zero-order valence-corrected chi connectivity index (χ0v) is 10.9. The van der Waals surface area contributed by atoms with Gasteiger partial charge in [0.1, 0.15) is 12.4 Å². The van der Waals surface area contributed by atoms with Gasteiger partial charge < -0.3 is 10.1 Å². The highest BCUT2D eigenvalue weighted by Crippen LogP contribution is 2.19. The number of benzene rings is 1. The lowest BCUT2D eigenvalue weighted by Gasteiger charge is -2.09. The van der Waals surface area contributed by atoms with Crippen molar-refractivity contribution in [2.24, 2.45) is 0 Å². The molecule has 1 aliphatic rings. The standard InChI is InChI=1S/C16H18N2O/c1-12(9-17-14-6-7-14)11-19-15-8-13-4-2-3-5-16(13)18-10-15/h2-5,8,10,14,17H,1,6-7,9,11H2. The van der Waals surface area contributed by atoms with Gasteiger partial charge in [0.15, 0.2) is 0 Å². The van der Waals surface area contributed by atoms with E-state index < -0.39 is 0 Å². The van der Waals surface area contributed by atoms with E-state index in [2.05, 4.69) is 16.9 Å². The van der Waals surface area contributed by atoms with E-state index in [4.69, 9.17) is 4.74 Å². The fourth-order valence-corrected chi connectivity index (χ4v) is 1.94. The molecule has 1 heterocycles. The van der Waals surface area contributed by atoms with Gasteiger partial charge in [-0.1, -0.05) is 24.8 Å². The summed E-state index contributed by atoms with van der Waals surface area (Å²) >= 11 is 0. The Morgan fingerprint density at radius 3 is 3.05 bits per heavy atom. The first-order valence-electron chi connectivity index (χ1n) is 6.69. The summed E-state index contributed by atoms with van der Waals surface area (Å²) in [6, 6.07) is 10.8. The Balaban J connectivity index is 1.56. The average Bonchev–Trinajstić information content (AvgIpc) is 3.27. The number of pyridine rings is 1. The molecular formula is C16H18N2O. The molecule has 0 aliphatic heterocycles. The van der Waals surface area contributed by atoms with Gasteiger partial charge in [0, 0.05) is 18.0 Å². The Bertz CT molecular complexity index is 590. The maximum absolute atomic E-state index is 5.73. The Labute approximate surface area is 113 Å². The molecule has 98 valence electrons. The van der Waals surface area contributed by atoms with Crippen molar-refractivity contribution in [3.05, 3.63) is 48.7 Å². The van der Waals surface area contributed by atoms with Crippen LogP contribution in [0.5, 0.6) is 5.75 Å². The van der Waals surface area contributed by atoms with E-state index >= 15 is 0 Å². The molecular weight excluding hydrogens is 236 g/mol. The third kappa shape index (κ3) is 3.32. The van der Waals surface area contributed by atoms with Crippen molar-refractivity contribution in [3.63, 3.8) is 0 Å². The number of fused-ring (bicyclic) bond motifs is 1. The minimum Gasteiger partial charge on any atom is -0.488 e. The molecule has 1 fully saturated rings. The average molecular weight is 254 g/mol. The summed E-state index contributed by atoms with van der Waals surface area (Å²) in [6.07, 6.45) is 4.36. The summed E-state index contributed by atoms with van der Waals surface area (Å²) in [7, 11) is 0. The highest BCUT2D eigenvalue weighted by atomic mass is 16.5. The lowest BCUT2D eigenvalue weighted by atomic mass is 10.2. The van der Waals surface area contributed by atoms with Crippen LogP contribution >= 0.6 is 0 Å². The first-order chi connectivity index (χ1) is 9.31. The van der Waals surface area contributed by atoms with Crippen LogP contribution < -0.4 is 10.1 Å². The maximum Gasteiger partial charge on any atom is 0.138 e. The quantitative estimate of drug-likeness (QED) is 0.805. The van der Waals surface area contributed by atoms with E-state index in [0.29, 0.717) is 12.6 Å². The van der Waals surface area contributed by atoms with Crippen molar-refractivity contribution in [3.8, 4) is 5.75 Å². The molecule has 2 aromatic rings. The van der Waals surface area contributed by atoms with Crippen LogP contribution in [0, 0.1) is 0 Å². The fraction of sp³-hybridized carbons (Fsp3) is 0.312. The number of ether oxygens (including phenoxy) is 1. The zero-order valence-electron chi connectivity index (χ0n) is 10.9. The number of rotatable bonds is 6. The molecule has 19 heavy (non-hydrogen) atoms. The van der Waals surface area contributed by atoms with Gasteiger partial charge in [0.05, 0.1) is 11.7 Å². The van der Waals surface area contributed by atoms with Gasteiger partial charge in [-0.15, -0.1) is 0 Å². The van der Waals surface area contributed by atoms with E-state index in [1.165, 1.54) is 12.8 Å². The summed E-state index contributed by atoms with van der Waals surface area (Å²) in [5.41, 5.74) is 2.06. The summed E-state index contributed by atoms with van der Waals surface area (Å²) in [5.74, 6) is 0.797. The van der Waals surface area contributed by atoms with Gasteiger partial charge in [0.25, 0.3) is 0 Å². The topological polar surface area (TPSA) is 34.1 Å². The molecule has 0 radical (unpaired) electrons.